The number of hydrogen-bond acceptors (Lipinski definition) is 2. The minimum atomic E-state index is -4.51. The van der Waals surface area contributed by atoms with Gasteiger partial charge < -0.3 is 9.47 Å². The second kappa shape index (κ2) is 17.1. The summed E-state index contributed by atoms with van der Waals surface area (Å²) in [4.78, 5) is 0. The molecular formula is C46H54BF6O2P. The van der Waals surface area contributed by atoms with Gasteiger partial charge in [-0.15, -0.1) is 0 Å². The van der Waals surface area contributed by atoms with Crippen LogP contribution in [0, 0.1) is 83.1 Å². The smallest absolute Gasteiger partial charge is 0.422 e. The van der Waals surface area contributed by atoms with Gasteiger partial charge in [-0.1, -0.05) is 115 Å². The van der Waals surface area contributed by atoms with Gasteiger partial charge in [-0.05, 0) is 83.1 Å². The van der Waals surface area contributed by atoms with Crippen molar-refractivity contribution >= 4 is 42.5 Å². The van der Waals surface area contributed by atoms with E-state index in [0.717, 1.165) is 6.07 Å². The third kappa shape index (κ3) is 10.2. The zero-order chi connectivity index (χ0) is 42.1. The number of hydrogen-bond donors (Lipinski definition) is 0. The maximum Gasteiger partial charge on any atom is 0.422 e. The van der Waals surface area contributed by atoms with Gasteiger partial charge in [-0.3, -0.25) is 0 Å². The van der Waals surface area contributed by atoms with Gasteiger partial charge in [0.1, 0.15) is 17.6 Å². The average Bonchev–Trinajstić information content (AvgIpc) is 3.00. The summed E-state index contributed by atoms with van der Waals surface area (Å²) in [5.41, 5.74) is 22.4. The van der Waals surface area contributed by atoms with E-state index >= 15 is 0 Å². The highest BCUT2D eigenvalue weighted by Gasteiger charge is 2.40. The second-order valence-corrected chi connectivity index (χ2v) is 16.6. The van der Waals surface area contributed by atoms with E-state index in [1.54, 1.807) is 0 Å². The van der Waals surface area contributed by atoms with E-state index in [2.05, 4.69) is 141 Å². The van der Waals surface area contributed by atoms with Gasteiger partial charge in [0.05, 0.1) is 5.30 Å². The predicted molar refractivity (Wildman–Crippen MR) is 227 cm³/mol. The molecule has 0 saturated heterocycles. The van der Waals surface area contributed by atoms with Gasteiger partial charge in [0, 0.05) is 27.4 Å². The number of rotatable bonds is 8. The molecule has 10 heteroatoms. The molecule has 1 atom stereocenters. The minimum Gasteiger partial charge on any atom is -0.484 e. The fourth-order valence-electron chi connectivity index (χ4n) is 9.49. The van der Waals surface area contributed by atoms with Crippen molar-refractivity contribution in [2.75, 3.05) is 13.2 Å². The first-order chi connectivity index (χ1) is 25.8. The molecular weight excluding hydrogens is 740 g/mol. The van der Waals surface area contributed by atoms with Crippen molar-refractivity contribution in [3.8, 4) is 11.5 Å². The lowest BCUT2D eigenvalue weighted by molar-refractivity contribution is -0.153. The molecule has 0 heterocycles. The van der Waals surface area contributed by atoms with Crippen LogP contribution in [0.3, 0.4) is 0 Å². The van der Waals surface area contributed by atoms with Gasteiger partial charge in [0.25, 0.3) is 0 Å². The molecule has 0 saturated carbocycles. The number of ether oxygens (including phenoxy) is 2. The molecule has 0 aliphatic carbocycles. The van der Waals surface area contributed by atoms with E-state index in [1.165, 1.54) is 110 Å². The van der Waals surface area contributed by atoms with Crippen molar-refractivity contribution in [3.63, 3.8) is 0 Å². The third-order valence-electron chi connectivity index (χ3n) is 10.4. The lowest BCUT2D eigenvalue weighted by Gasteiger charge is -2.51. The van der Waals surface area contributed by atoms with Crippen LogP contribution >= 0.6 is 9.24 Å². The molecule has 0 radical (unpaired) electrons. The summed E-state index contributed by atoms with van der Waals surface area (Å²) in [5, 5.41) is 0.455. The van der Waals surface area contributed by atoms with Crippen molar-refractivity contribution in [1.29, 1.82) is 0 Å². The fourth-order valence-corrected chi connectivity index (χ4v) is 9.89. The van der Waals surface area contributed by atoms with Gasteiger partial charge >= 0.3 is 12.4 Å². The maximum atomic E-state index is 11.9. The third-order valence-corrected chi connectivity index (χ3v) is 10.8. The standard InChI is InChI=1S/C36H44B.C10H9F6O2P/c1-21-13-25(5)33(26(6)14-21)37(34-27(7)15-22(2)16-28(34)8,35-29(9)17-23(3)18-30(35)10)36-31(11)19-24(4)20-32(36)12;11-9(12,13)4-17-6-1-7(3-8(19)2-6)18-5-10(14,15)16/h13-20H,1-12H3;1-3H,4-5,19H2/q-1;/p+1. The summed E-state index contributed by atoms with van der Waals surface area (Å²) in [6.07, 6.45) is -10.5. The van der Waals surface area contributed by atoms with Gasteiger partial charge in [0.15, 0.2) is 13.2 Å². The molecule has 0 fully saturated rings. The Bertz CT molecular complexity index is 1880. The summed E-state index contributed by atoms with van der Waals surface area (Å²) < 4.78 is 80.5. The highest BCUT2D eigenvalue weighted by molar-refractivity contribution is 7.27. The van der Waals surface area contributed by atoms with E-state index < -0.39 is 31.7 Å². The van der Waals surface area contributed by atoms with E-state index in [9.17, 15) is 26.3 Å². The SMILES string of the molecule is Cc1cc(C)c([B-](c2c(C)cc(C)cc2C)(c2c(C)cc(C)cc2C)c2c(C)cc(C)cc2C)c(C)c1.FC(F)(F)COc1cc([PH3+])cc(OCC(F)(F)F)c1. The molecule has 0 spiro atoms. The summed E-state index contributed by atoms with van der Waals surface area (Å²) in [7, 11) is 1.29. The largest absolute Gasteiger partial charge is 0.484 e. The van der Waals surface area contributed by atoms with E-state index in [-0.39, 0.29) is 11.5 Å². The zero-order valence-corrected chi connectivity index (χ0v) is 36.0. The number of halogens is 6. The molecule has 5 aromatic carbocycles. The quantitative estimate of drug-likeness (QED) is 0.0886. The summed E-state index contributed by atoms with van der Waals surface area (Å²) in [5.74, 6) is -0.385. The molecule has 56 heavy (non-hydrogen) atoms. The Hall–Kier alpha value is -4.23. The molecule has 2 nitrogen and oxygen atoms in total. The van der Waals surface area contributed by atoms with Crippen LogP contribution in [0.15, 0.2) is 66.7 Å². The zero-order valence-electron chi connectivity index (χ0n) is 34.6. The van der Waals surface area contributed by atoms with Crippen LogP contribution in [0.2, 0.25) is 0 Å². The first kappa shape index (κ1) is 44.5. The molecule has 5 aromatic rings. The van der Waals surface area contributed by atoms with Crippen LogP contribution in [0.1, 0.15) is 66.8 Å². The first-order valence-electron chi connectivity index (χ1n) is 18.7. The van der Waals surface area contributed by atoms with E-state index in [1.807, 2.05) is 0 Å². The maximum absolute atomic E-state index is 11.9. The molecule has 0 amide bonds. The lowest BCUT2D eigenvalue weighted by Crippen LogP contribution is -2.78. The molecule has 5 rings (SSSR count). The van der Waals surface area contributed by atoms with Gasteiger partial charge in [-0.25, -0.2) is 0 Å². The van der Waals surface area contributed by atoms with Gasteiger partial charge in [-0.2, -0.15) is 48.2 Å². The molecule has 0 aromatic heterocycles. The first-order valence-corrected chi connectivity index (χ1v) is 19.4. The Balaban J connectivity index is 0.000000309. The van der Waals surface area contributed by atoms with Crippen LogP contribution in [-0.2, 0) is 0 Å². The summed E-state index contributed by atoms with van der Waals surface area (Å²) in [6.45, 7) is 24.6. The number of alkyl halides is 6. The Morgan fingerprint density at radius 3 is 0.804 bits per heavy atom. The van der Waals surface area contributed by atoms with E-state index in [4.69, 9.17) is 0 Å². The molecule has 0 aliphatic rings. The van der Waals surface area contributed by atoms with Crippen LogP contribution in [0.25, 0.3) is 0 Å². The second-order valence-electron chi connectivity index (χ2n) is 15.7. The van der Waals surface area contributed by atoms with Crippen molar-refractivity contribution in [3.05, 3.63) is 133 Å². The average molecular weight is 795 g/mol. The Labute approximate surface area is 331 Å². The molecule has 300 valence electrons. The Morgan fingerprint density at radius 2 is 0.607 bits per heavy atom. The monoisotopic (exact) mass is 794 g/mol. The van der Waals surface area contributed by atoms with Gasteiger partial charge in [0.2, 0.25) is 0 Å². The molecule has 0 N–H and O–H groups in total. The normalized spacial score (nSPS) is 12.0. The van der Waals surface area contributed by atoms with Crippen LogP contribution in [-0.4, -0.2) is 31.7 Å². The number of benzene rings is 5. The highest BCUT2D eigenvalue weighted by atomic mass is 31.0. The summed E-state index contributed by atoms with van der Waals surface area (Å²) >= 11 is 0. The van der Waals surface area contributed by atoms with Crippen molar-refractivity contribution in [2.45, 2.75) is 95.4 Å². The Morgan fingerprint density at radius 1 is 0.393 bits per heavy atom. The topological polar surface area (TPSA) is 18.5 Å². The fraction of sp³-hybridized carbons (Fsp3) is 0.348. The lowest BCUT2D eigenvalue weighted by atomic mass is 9.10. The molecule has 0 aliphatic heterocycles. The molecule has 1 unspecified atom stereocenters. The number of aryl methyl sites for hydroxylation is 12. The van der Waals surface area contributed by atoms with Crippen LogP contribution in [0.5, 0.6) is 11.5 Å². The molecule has 0 bridgehead atoms. The van der Waals surface area contributed by atoms with Crippen molar-refractivity contribution in [2.24, 2.45) is 0 Å². The van der Waals surface area contributed by atoms with Crippen molar-refractivity contribution < 1.29 is 35.8 Å². The van der Waals surface area contributed by atoms with Crippen LogP contribution in [0.4, 0.5) is 26.3 Å². The summed E-state index contributed by atoms with van der Waals surface area (Å²) in [6, 6.07) is 22.7. The minimum absolute atomic E-state index is 0.193. The predicted octanol–water partition coefficient (Wildman–Crippen LogP) is 9.57. The Kier molecular flexibility index (Phi) is 13.6. The highest BCUT2D eigenvalue weighted by Crippen LogP contribution is 2.27. The van der Waals surface area contributed by atoms with Crippen LogP contribution < -0.4 is 36.6 Å². The van der Waals surface area contributed by atoms with E-state index in [0.29, 0.717) is 5.30 Å². The van der Waals surface area contributed by atoms with Crippen molar-refractivity contribution in [1.82, 2.24) is 0 Å².